The molecule has 1 saturated heterocycles. The molecule has 29 heavy (non-hydrogen) atoms. The molecule has 0 atom stereocenters. The van der Waals surface area contributed by atoms with Crippen LogP contribution >= 0.6 is 11.6 Å². The third-order valence-corrected chi connectivity index (χ3v) is 5.30. The van der Waals surface area contributed by atoms with Crippen LogP contribution in [0.3, 0.4) is 0 Å². The van der Waals surface area contributed by atoms with E-state index in [4.69, 9.17) is 11.6 Å². The second-order valence-corrected chi connectivity index (χ2v) is 7.57. The zero-order valence-electron chi connectivity index (χ0n) is 16.4. The molecule has 2 amide bonds. The minimum Gasteiger partial charge on any atom is -0.352 e. The van der Waals surface area contributed by atoms with E-state index in [9.17, 15) is 9.59 Å². The highest BCUT2D eigenvalue weighted by Crippen LogP contribution is 2.12. The summed E-state index contributed by atoms with van der Waals surface area (Å²) in [5.74, 6) is -0.0782. The van der Waals surface area contributed by atoms with Crippen molar-refractivity contribution in [1.82, 2.24) is 15.1 Å². The maximum atomic E-state index is 12.3. The Hall–Kier alpha value is -2.63. The molecule has 6 heteroatoms. The van der Waals surface area contributed by atoms with Crippen LogP contribution in [0.5, 0.6) is 0 Å². The summed E-state index contributed by atoms with van der Waals surface area (Å²) in [6, 6.07) is 15.4. The number of carbonyl (C=O) groups is 2. The van der Waals surface area contributed by atoms with Crippen molar-refractivity contribution in [3.63, 3.8) is 0 Å². The van der Waals surface area contributed by atoms with E-state index in [1.165, 1.54) is 6.08 Å². The SMILES string of the molecule is C=CC(=O)N1CCN(Cc2ccc(C(=O)NCCc3cccc(Cl)c3)cc2)CC1. The Morgan fingerprint density at radius 3 is 2.41 bits per heavy atom. The van der Waals surface area contributed by atoms with Gasteiger partial charge in [0, 0.05) is 49.9 Å². The van der Waals surface area contributed by atoms with Crippen LogP contribution in [-0.2, 0) is 17.8 Å². The van der Waals surface area contributed by atoms with Gasteiger partial charge in [0.05, 0.1) is 0 Å². The first kappa shape index (κ1) is 21.1. The summed E-state index contributed by atoms with van der Waals surface area (Å²) in [6.07, 6.45) is 2.11. The molecule has 0 radical (unpaired) electrons. The largest absolute Gasteiger partial charge is 0.352 e. The van der Waals surface area contributed by atoms with Crippen LogP contribution in [0, 0.1) is 0 Å². The second-order valence-electron chi connectivity index (χ2n) is 7.14. The van der Waals surface area contributed by atoms with Gasteiger partial charge in [0.25, 0.3) is 5.91 Å². The van der Waals surface area contributed by atoms with E-state index in [1.807, 2.05) is 53.4 Å². The number of hydrogen-bond acceptors (Lipinski definition) is 3. The van der Waals surface area contributed by atoms with Crippen molar-refractivity contribution in [2.75, 3.05) is 32.7 Å². The number of nitrogens with one attached hydrogen (secondary N) is 1. The fourth-order valence-electron chi connectivity index (χ4n) is 3.39. The first-order chi connectivity index (χ1) is 14.0. The molecule has 3 rings (SSSR count). The molecule has 1 aliphatic heterocycles. The summed E-state index contributed by atoms with van der Waals surface area (Å²) in [5, 5.41) is 3.66. The van der Waals surface area contributed by atoms with Crippen molar-refractivity contribution < 1.29 is 9.59 Å². The van der Waals surface area contributed by atoms with Gasteiger partial charge in [-0.1, -0.05) is 42.4 Å². The van der Waals surface area contributed by atoms with E-state index in [2.05, 4.69) is 16.8 Å². The summed E-state index contributed by atoms with van der Waals surface area (Å²) < 4.78 is 0. The molecule has 152 valence electrons. The summed E-state index contributed by atoms with van der Waals surface area (Å²) in [6.45, 7) is 8.03. The minimum absolute atomic E-state index is 0.00428. The van der Waals surface area contributed by atoms with E-state index in [-0.39, 0.29) is 11.8 Å². The highest BCUT2D eigenvalue weighted by molar-refractivity contribution is 6.30. The zero-order valence-corrected chi connectivity index (χ0v) is 17.2. The van der Waals surface area contributed by atoms with Gasteiger partial charge >= 0.3 is 0 Å². The zero-order chi connectivity index (χ0) is 20.6. The molecular formula is C23H26ClN3O2. The van der Waals surface area contributed by atoms with Crippen molar-refractivity contribution in [3.8, 4) is 0 Å². The van der Waals surface area contributed by atoms with Gasteiger partial charge in [0.2, 0.25) is 5.91 Å². The summed E-state index contributed by atoms with van der Waals surface area (Å²) in [7, 11) is 0. The van der Waals surface area contributed by atoms with Gasteiger partial charge in [0.15, 0.2) is 0 Å². The van der Waals surface area contributed by atoms with Crippen molar-refractivity contribution >= 4 is 23.4 Å². The molecule has 1 fully saturated rings. The molecule has 1 N–H and O–H groups in total. The molecule has 0 saturated carbocycles. The van der Waals surface area contributed by atoms with Crippen LogP contribution in [0.2, 0.25) is 5.02 Å². The maximum absolute atomic E-state index is 12.3. The number of piperazine rings is 1. The van der Waals surface area contributed by atoms with Crippen molar-refractivity contribution in [2.45, 2.75) is 13.0 Å². The number of benzene rings is 2. The predicted molar refractivity (Wildman–Crippen MR) is 116 cm³/mol. The van der Waals surface area contributed by atoms with Crippen LogP contribution < -0.4 is 5.32 Å². The van der Waals surface area contributed by atoms with E-state index >= 15 is 0 Å². The Kier molecular flexibility index (Phi) is 7.44. The van der Waals surface area contributed by atoms with Crippen LogP contribution in [0.25, 0.3) is 0 Å². The summed E-state index contributed by atoms with van der Waals surface area (Å²) in [4.78, 5) is 28.1. The second kappa shape index (κ2) is 10.2. The number of halogens is 1. The van der Waals surface area contributed by atoms with Crippen LogP contribution in [0.1, 0.15) is 21.5 Å². The molecular weight excluding hydrogens is 386 g/mol. The standard InChI is InChI=1S/C23H26ClN3O2/c1-2-22(28)27-14-12-26(13-15-27)17-19-6-8-20(9-7-19)23(29)25-11-10-18-4-3-5-21(24)16-18/h2-9,16H,1,10-15,17H2,(H,25,29). The van der Waals surface area contributed by atoms with Gasteiger partial charge in [-0.3, -0.25) is 14.5 Å². The molecule has 2 aromatic carbocycles. The van der Waals surface area contributed by atoms with E-state index in [1.54, 1.807) is 0 Å². The molecule has 0 bridgehead atoms. The number of amides is 2. The van der Waals surface area contributed by atoms with Crippen LogP contribution in [0.4, 0.5) is 0 Å². The predicted octanol–water partition coefficient (Wildman–Crippen LogP) is 3.14. The highest BCUT2D eigenvalue weighted by atomic mass is 35.5. The third kappa shape index (κ3) is 6.17. The first-order valence-corrected chi connectivity index (χ1v) is 10.2. The van der Waals surface area contributed by atoms with Gasteiger partial charge in [-0.25, -0.2) is 0 Å². The minimum atomic E-state index is -0.0740. The van der Waals surface area contributed by atoms with Crippen molar-refractivity contribution in [1.29, 1.82) is 0 Å². The fourth-order valence-corrected chi connectivity index (χ4v) is 3.60. The number of hydrogen-bond donors (Lipinski definition) is 1. The van der Waals surface area contributed by atoms with Crippen LogP contribution in [-0.4, -0.2) is 54.3 Å². The maximum Gasteiger partial charge on any atom is 0.251 e. The van der Waals surface area contributed by atoms with Gasteiger partial charge in [-0.15, -0.1) is 0 Å². The average molecular weight is 412 g/mol. The average Bonchev–Trinajstić information content (AvgIpc) is 2.74. The molecule has 0 aliphatic carbocycles. The lowest BCUT2D eigenvalue weighted by atomic mass is 10.1. The normalized spacial score (nSPS) is 14.4. The summed E-state index contributed by atoms with van der Waals surface area (Å²) in [5.41, 5.74) is 2.91. The number of rotatable bonds is 7. The molecule has 0 unspecified atom stereocenters. The molecule has 1 heterocycles. The number of nitrogens with zero attached hydrogens (tertiary/aromatic N) is 2. The lowest BCUT2D eigenvalue weighted by Crippen LogP contribution is -2.47. The molecule has 2 aromatic rings. The van der Waals surface area contributed by atoms with Crippen LogP contribution in [0.15, 0.2) is 61.2 Å². The topological polar surface area (TPSA) is 52.7 Å². The van der Waals surface area contributed by atoms with Gasteiger partial charge < -0.3 is 10.2 Å². The Balaban J connectivity index is 1.44. The highest BCUT2D eigenvalue weighted by Gasteiger charge is 2.19. The van der Waals surface area contributed by atoms with Gasteiger partial charge in [0.1, 0.15) is 0 Å². The lowest BCUT2D eigenvalue weighted by molar-refractivity contribution is -0.127. The Morgan fingerprint density at radius 2 is 1.76 bits per heavy atom. The smallest absolute Gasteiger partial charge is 0.251 e. The van der Waals surface area contributed by atoms with Gasteiger partial charge in [-0.05, 0) is 47.9 Å². The number of carbonyl (C=O) groups excluding carboxylic acids is 2. The summed E-state index contributed by atoms with van der Waals surface area (Å²) >= 11 is 5.98. The Morgan fingerprint density at radius 1 is 1.03 bits per heavy atom. The first-order valence-electron chi connectivity index (χ1n) is 9.80. The van der Waals surface area contributed by atoms with E-state index < -0.39 is 0 Å². The monoisotopic (exact) mass is 411 g/mol. The third-order valence-electron chi connectivity index (χ3n) is 5.07. The molecule has 1 aliphatic rings. The van der Waals surface area contributed by atoms with E-state index in [0.717, 1.165) is 50.3 Å². The molecule has 5 nitrogen and oxygen atoms in total. The van der Waals surface area contributed by atoms with Gasteiger partial charge in [-0.2, -0.15) is 0 Å². The fraction of sp³-hybridized carbons (Fsp3) is 0.304. The molecule has 0 spiro atoms. The Labute approximate surface area is 177 Å². The van der Waals surface area contributed by atoms with Crippen molar-refractivity contribution in [2.24, 2.45) is 0 Å². The molecule has 0 aromatic heterocycles. The van der Waals surface area contributed by atoms with Crippen molar-refractivity contribution in [3.05, 3.63) is 82.9 Å². The Bertz CT molecular complexity index is 859. The van der Waals surface area contributed by atoms with E-state index in [0.29, 0.717) is 17.1 Å². The quantitative estimate of drug-likeness (QED) is 0.712. The lowest BCUT2D eigenvalue weighted by Gasteiger charge is -2.34.